The number of amides is 7. The van der Waals surface area contributed by atoms with Crippen molar-refractivity contribution in [2.45, 2.75) is 152 Å². The van der Waals surface area contributed by atoms with Crippen molar-refractivity contribution in [1.82, 2.24) is 38.2 Å². The second-order valence-corrected chi connectivity index (χ2v) is 34.4. The first-order valence-electron chi connectivity index (χ1n) is 40.5. The number of piperidine rings is 4. The molecule has 628 valence electrons. The number of likely N-dealkylation sites (N-methyl/N-ethyl adjacent to an activating group) is 1. The van der Waals surface area contributed by atoms with Crippen molar-refractivity contribution >= 4 is 151 Å². The molecule has 7 aliphatic rings. The van der Waals surface area contributed by atoms with E-state index in [-0.39, 0.29) is 95.9 Å². The molecule has 0 bridgehead atoms. The maximum Gasteiger partial charge on any atom is 0.261 e. The van der Waals surface area contributed by atoms with E-state index in [2.05, 4.69) is 87.5 Å². The number of carbonyl (C=O) groups excluding carboxylic acids is 7. The van der Waals surface area contributed by atoms with Crippen LogP contribution in [0.4, 0.5) is 0 Å². The molecule has 0 N–H and O–H groups in total. The van der Waals surface area contributed by atoms with Gasteiger partial charge in [0.15, 0.2) is 0 Å². The van der Waals surface area contributed by atoms with Gasteiger partial charge in [0.05, 0.1) is 6.61 Å². The van der Waals surface area contributed by atoms with E-state index in [4.69, 9.17) is 4.74 Å². The van der Waals surface area contributed by atoms with Gasteiger partial charge in [0.2, 0.25) is 35.4 Å². The molecule has 5 aliphatic heterocycles. The van der Waals surface area contributed by atoms with E-state index in [1.165, 1.54) is 122 Å². The average Bonchev–Trinajstić information content (AvgIpc) is 0.775. The van der Waals surface area contributed by atoms with Crippen LogP contribution in [0.3, 0.4) is 0 Å². The summed E-state index contributed by atoms with van der Waals surface area (Å²) in [5, 5.41) is 19.7. The Bertz CT molecular complexity index is 6130. The third-order valence-electron chi connectivity index (χ3n) is 25.3. The molecule has 8 heterocycles. The third kappa shape index (κ3) is 18.0. The molecule has 7 amide bonds. The van der Waals surface area contributed by atoms with Crippen LogP contribution in [-0.2, 0) is 59.4 Å². The van der Waals surface area contributed by atoms with Crippen molar-refractivity contribution in [3.63, 3.8) is 0 Å². The van der Waals surface area contributed by atoms with Gasteiger partial charge in [-0.2, -0.15) is 0 Å². The standard InChI is InChI=1S/C24H15NO.C15H11NO2.C14H11NO.C12H19NO.C11H17NO.2C8H13NO2.C6H9NO2.2CH4/c1-13-15-9-10-18-16-7-3-5-14-6-4-8-17(21(14)16)19-11-12-20(22(15)23(18)19)24(26)25(13)2;1-16-14(17)12-8-4-2-6-10(12)11-7-3-5-9-13(11)15(16)18;1-9-11-7-3-5-10-6-4-8-12(13(10)11)14(16)15(9)2;1-10-8-12(6-4-3-5-7-12)9-11(14)13(10)2;1-9-7-11(5-3-4-6-11)8-10(13)12(9)2;1-8(2)4-6(10)9(3)7(11)5-8;1-8(2)5-4-6(10)9(3)7(8)11;1-5-3-9-4-6(8)7(5)2;;/h3-12H,1H2,2H3;2-9H,1H3;3-8H,1H2,2H3;1,3-9H2,2H3;1,3-8H2,2H3;2*4-5H2,1-3H3;1,3-4H2,2H3;2*1H4. The van der Waals surface area contributed by atoms with Crippen LogP contribution in [0.2, 0.25) is 0 Å². The van der Waals surface area contributed by atoms with Crippen LogP contribution in [0.1, 0.15) is 152 Å². The lowest BCUT2D eigenvalue weighted by Crippen LogP contribution is -2.46. The average molecular weight is 1620 g/mol. The number of hydrogen-bond acceptors (Lipinski definition) is 12. The van der Waals surface area contributed by atoms with E-state index in [0.717, 1.165) is 102 Å². The fourth-order valence-electron chi connectivity index (χ4n) is 17.9. The normalized spacial score (nSPS) is 17.9. The number of imide groups is 2. The highest BCUT2D eigenvalue weighted by Crippen LogP contribution is 2.50. The van der Waals surface area contributed by atoms with E-state index < -0.39 is 0 Å². The van der Waals surface area contributed by atoms with Gasteiger partial charge in [-0.1, -0.05) is 229 Å². The summed E-state index contributed by atoms with van der Waals surface area (Å²) in [6, 6.07) is 47.8. The van der Waals surface area contributed by atoms with E-state index in [1.807, 2.05) is 121 Å². The van der Waals surface area contributed by atoms with E-state index in [1.54, 1.807) is 66.3 Å². The number of allylic oxidation sites excluding steroid dienone is 2. The van der Waals surface area contributed by atoms with E-state index >= 15 is 0 Å². The summed E-state index contributed by atoms with van der Waals surface area (Å²) in [6.07, 6.45) is 17.2. The smallest absolute Gasteiger partial charge is 0.261 e. The maximum absolute atomic E-state index is 12.8. The molecule has 7 fully saturated rings. The van der Waals surface area contributed by atoms with Crippen LogP contribution in [0.5, 0.6) is 0 Å². The summed E-state index contributed by atoms with van der Waals surface area (Å²) >= 11 is 0. The number of carbonyl (C=O) groups is 7. The second-order valence-electron chi connectivity index (χ2n) is 34.4. The largest absolute Gasteiger partial charge is 0.365 e. The number of fused-ring (bicyclic) bond motifs is 5. The van der Waals surface area contributed by atoms with Gasteiger partial charge in [-0.15, -0.1) is 0 Å². The quantitative estimate of drug-likeness (QED) is 0.0784. The van der Waals surface area contributed by atoms with Crippen molar-refractivity contribution in [3.05, 3.63) is 235 Å². The Labute approximate surface area is 701 Å². The number of aromatic nitrogens is 3. The van der Waals surface area contributed by atoms with Crippen LogP contribution in [0.15, 0.2) is 202 Å². The minimum atomic E-state index is -0.345. The van der Waals surface area contributed by atoms with Crippen LogP contribution in [0.25, 0.3) is 110 Å². The van der Waals surface area contributed by atoms with Gasteiger partial charge >= 0.3 is 0 Å². The first-order chi connectivity index (χ1) is 55.9. The zero-order chi connectivity index (χ0) is 85.4. The second kappa shape index (κ2) is 36.3. The number of likely N-dealkylation sites (tertiary alicyclic amines) is 4. The SMILES string of the molecule is C.C.C=C1CC2(CCCC2)CC(=O)N1C.C=C1CC2(CCCCC2)CC(=O)N1C.C=C1COCC(=O)N1C.C=c1c2ccc3c4cccc5cccc(c6ccc(c(=O)n1C)c2c36)c54.C=c1c2cccc3cccc(c(=O)n1C)c32.CN1C(=O)CC(C)(C)CC1=O.CN1C(=O)CCC(C)(C)C1=O.Cn1c(=O)c2ccccc2c2ccccc2c1=O. The molecule has 20 heteroatoms. The number of hydrogen-bond donors (Lipinski definition) is 0. The molecule has 0 unspecified atom stereocenters. The maximum atomic E-state index is 12.8. The fraction of sp³-hybridized carbons (Fsp3) is 0.370. The monoisotopic (exact) mass is 1620 g/mol. The van der Waals surface area contributed by atoms with Gasteiger partial charge in [0.25, 0.3) is 28.1 Å². The number of benzene rings is 9. The molecule has 19 rings (SSSR count). The zero-order valence-corrected chi connectivity index (χ0v) is 70.3. The van der Waals surface area contributed by atoms with E-state index in [9.17, 15) is 52.7 Å². The van der Waals surface area contributed by atoms with Crippen molar-refractivity contribution in [2.75, 3.05) is 48.5 Å². The third-order valence-corrected chi connectivity index (χ3v) is 25.3. The first-order valence-corrected chi connectivity index (χ1v) is 40.5. The van der Waals surface area contributed by atoms with E-state index in [0.29, 0.717) is 53.9 Å². The van der Waals surface area contributed by atoms with Crippen molar-refractivity contribution in [1.29, 1.82) is 0 Å². The minimum absolute atomic E-state index is 0. The number of ether oxygens (including phenoxy) is 1. The van der Waals surface area contributed by atoms with Gasteiger partial charge < -0.3 is 28.6 Å². The summed E-state index contributed by atoms with van der Waals surface area (Å²) in [4.78, 5) is 136. The summed E-state index contributed by atoms with van der Waals surface area (Å²) < 4.78 is 9.30. The van der Waals surface area contributed by atoms with Crippen molar-refractivity contribution in [2.24, 2.45) is 42.8 Å². The molecule has 9 aromatic carbocycles. The highest BCUT2D eigenvalue weighted by Gasteiger charge is 2.43. The minimum Gasteiger partial charge on any atom is -0.365 e. The Balaban J connectivity index is 0.000000147. The summed E-state index contributed by atoms with van der Waals surface area (Å²) in [6.45, 7) is 28.0. The first kappa shape index (κ1) is 90.3. The van der Waals surface area contributed by atoms with Crippen LogP contribution in [0, 0.1) is 21.7 Å². The molecule has 20 nitrogen and oxygen atoms in total. The fourth-order valence-corrected chi connectivity index (χ4v) is 17.9. The van der Waals surface area contributed by atoms with Crippen LogP contribution < -0.4 is 32.9 Å². The predicted octanol–water partition coefficient (Wildman–Crippen LogP) is 16.5. The van der Waals surface area contributed by atoms with Crippen molar-refractivity contribution in [3.8, 4) is 0 Å². The molecule has 12 aromatic rings. The topological polar surface area (TPSA) is 228 Å². The number of nitrogens with zero attached hydrogens (tertiary/aromatic N) is 8. The summed E-state index contributed by atoms with van der Waals surface area (Å²) in [5.41, 5.74) is 2.40. The Morgan fingerprint density at radius 2 is 0.625 bits per heavy atom. The number of morpholine rings is 1. The lowest BCUT2D eigenvalue weighted by atomic mass is 9.67. The van der Waals surface area contributed by atoms with Gasteiger partial charge in [-0.05, 0) is 139 Å². The molecular weight excluding hydrogens is 1510 g/mol. The van der Waals surface area contributed by atoms with Gasteiger partial charge in [-0.25, -0.2) is 0 Å². The Kier molecular flexibility index (Phi) is 27.3. The van der Waals surface area contributed by atoms with Crippen molar-refractivity contribution < 1.29 is 38.3 Å². The number of rotatable bonds is 0. The predicted molar refractivity (Wildman–Crippen MR) is 488 cm³/mol. The van der Waals surface area contributed by atoms with Crippen LogP contribution >= 0.6 is 0 Å². The molecule has 2 saturated carbocycles. The molecule has 5 saturated heterocycles. The summed E-state index contributed by atoms with van der Waals surface area (Å²) in [7, 11) is 13.6. The van der Waals surface area contributed by atoms with Gasteiger partial charge in [0.1, 0.15) is 6.61 Å². The van der Waals surface area contributed by atoms with Gasteiger partial charge in [-0.3, -0.25) is 67.1 Å². The Morgan fingerprint density at radius 1 is 0.292 bits per heavy atom. The Hall–Kier alpha value is -12.0. The summed E-state index contributed by atoms with van der Waals surface area (Å²) in [5.74, 6) is 0.258. The highest BCUT2D eigenvalue weighted by molar-refractivity contribution is 6.36. The lowest BCUT2D eigenvalue weighted by molar-refractivity contribution is -0.154. The molecule has 0 radical (unpaired) electrons. The molecule has 2 spiro atoms. The van der Waals surface area contributed by atoms with Gasteiger partial charge in [0, 0.05) is 165 Å². The highest BCUT2D eigenvalue weighted by atomic mass is 16.5. The molecule has 3 aromatic heterocycles. The molecule has 0 atom stereocenters. The Morgan fingerprint density at radius 3 is 1.05 bits per heavy atom. The lowest BCUT2D eigenvalue weighted by Gasteiger charge is -2.43. The van der Waals surface area contributed by atoms with Crippen LogP contribution in [-0.4, -0.2) is 128 Å². The molecular formula is C100H116N8O12. The molecule has 120 heavy (non-hydrogen) atoms. The number of pyridine rings is 2. The molecule has 2 aliphatic carbocycles. The zero-order valence-electron chi connectivity index (χ0n) is 70.3.